The normalized spacial score (nSPS) is 16.3. The molecule has 0 atom stereocenters. The van der Waals surface area contributed by atoms with Crippen molar-refractivity contribution in [2.24, 2.45) is 0 Å². The monoisotopic (exact) mass is 362 g/mol. The lowest BCUT2D eigenvalue weighted by atomic mass is 9.97. The molecule has 1 fully saturated rings. The molecule has 0 aromatic heterocycles. The van der Waals surface area contributed by atoms with Crippen molar-refractivity contribution in [1.29, 1.82) is 0 Å². The average Bonchev–Trinajstić information content (AvgIpc) is 2.53. The molecule has 26 heavy (non-hydrogen) atoms. The second-order valence-electron chi connectivity index (χ2n) is 8.03. The molecule has 6 heteroatoms. The summed E-state index contributed by atoms with van der Waals surface area (Å²) in [5, 5.41) is 11.9. The van der Waals surface area contributed by atoms with Crippen LogP contribution < -0.4 is 10.1 Å². The first-order valence-corrected chi connectivity index (χ1v) is 9.09. The van der Waals surface area contributed by atoms with Crippen LogP contribution in [0.2, 0.25) is 0 Å². The number of aliphatic carboxylic acids is 1. The van der Waals surface area contributed by atoms with Crippen LogP contribution in [0.1, 0.15) is 55.1 Å². The number of carbonyl (C=O) groups is 2. The van der Waals surface area contributed by atoms with E-state index in [2.05, 4.69) is 31.0 Å². The van der Waals surface area contributed by atoms with Crippen LogP contribution in [-0.2, 0) is 4.79 Å². The summed E-state index contributed by atoms with van der Waals surface area (Å²) in [5.41, 5.74) is 2.27. The van der Waals surface area contributed by atoms with E-state index in [1.54, 1.807) is 12.1 Å². The Morgan fingerprint density at radius 2 is 1.73 bits per heavy atom. The lowest BCUT2D eigenvalue weighted by Gasteiger charge is -2.41. The first-order valence-electron chi connectivity index (χ1n) is 9.09. The topological polar surface area (TPSA) is 78.9 Å². The number of piperidine rings is 1. The van der Waals surface area contributed by atoms with Gasteiger partial charge in [0.05, 0.1) is 0 Å². The molecular formula is C20H30N2O4. The number of nitrogens with one attached hydrogen (secondary N) is 1. The second-order valence-corrected chi connectivity index (χ2v) is 8.03. The summed E-state index contributed by atoms with van der Waals surface area (Å²) in [6.45, 7) is 11.9. The molecule has 0 bridgehead atoms. The smallest absolute Gasteiger partial charge is 0.341 e. The number of benzene rings is 1. The van der Waals surface area contributed by atoms with Crippen LogP contribution in [0.25, 0.3) is 0 Å². The van der Waals surface area contributed by atoms with Crippen LogP contribution >= 0.6 is 0 Å². The van der Waals surface area contributed by atoms with Crippen LogP contribution in [0.4, 0.5) is 0 Å². The first kappa shape index (κ1) is 20.2. The number of amides is 1. The largest absolute Gasteiger partial charge is 0.481 e. The Balaban J connectivity index is 1.99. The Morgan fingerprint density at radius 3 is 2.19 bits per heavy atom. The molecule has 1 saturated heterocycles. The highest BCUT2D eigenvalue weighted by molar-refractivity contribution is 5.95. The molecule has 1 aromatic carbocycles. The Bertz CT molecular complexity index is 648. The van der Waals surface area contributed by atoms with Crippen molar-refractivity contribution in [3.05, 3.63) is 28.8 Å². The highest BCUT2D eigenvalue weighted by atomic mass is 16.5. The van der Waals surface area contributed by atoms with E-state index in [0.717, 1.165) is 37.1 Å². The lowest BCUT2D eigenvalue weighted by Crippen LogP contribution is -2.50. The van der Waals surface area contributed by atoms with Crippen molar-refractivity contribution < 1.29 is 19.4 Å². The summed E-state index contributed by atoms with van der Waals surface area (Å²) in [4.78, 5) is 25.7. The van der Waals surface area contributed by atoms with E-state index >= 15 is 0 Å². The van der Waals surface area contributed by atoms with Crippen LogP contribution in [-0.4, -0.2) is 53.2 Å². The maximum Gasteiger partial charge on any atom is 0.341 e. The Morgan fingerprint density at radius 1 is 1.19 bits per heavy atom. The van der Waals surface area contributed by atoms with Crippen molar-refractivity contribution in [2.75, 3.05) is 19.7 Å². The van der Waals surface area contributed by atoms with Gasteiger partial charge in [-0.3, -0.25) is 9.69 Å². The summed E-state index contributed by atoms with van der Waals surface area (Å²) in [6, 6.07) is 3.69. The molecule has 0 aliphatic carbocycles. The standard InChI is InChI=1S/C20H30N2O4/c1-13-10-15(11-14(2)18(13)26-12-17(23)24)19(25)21-16-6-8-22(9-7-16)20(3,4)5/h10-11,16H,6-9,12H2,1-5H3,(H,21,25)(H,23,24). The summed E-state index contributed by atoms with van der Waals surface area (Å²) in [7, 11) is 0. The summed E-state index contributed by atoms with van der Waals surface area (Å²) in [5.74, 6) is -0.579. The van der Waals surface area contributed by atoms with E-state index in [9.17, 15) is 9.59 Å². The third-order valence-electron chi connectivity index (χ3n) is 4.84. The molecule has 1 aromatic rings. The lowest BCUT2D eigenvalue weighted by molar-refractivity contribution is -0.139. The van der Waals surface area contributed by atoms with E-state index in [1.165, 1.54) is 0 Å². The zero-order valence-electron chi connectivity index (χ0n) is 16.4. The van der Waals surface area contributed by atoms with Gasteiger partial charge >= 0.3 is 5.97 Å². The van der Waals surface area contributed by atoms with E-state index < -0.39 is 5.97 Å². The number of carbonyl (C=O) groups excluding carboxylic acids is 1. The van der Waals surface area contributed by atoms with Gasteiger partial charge in [-0.1, -0.05) is 0 Å². The number of hydrogen-bond donors (Lipinski definition) is 2. The summed E-state index contributed by atoms with van der Waals surface area (Å²) >= 11 is 0. The molecule has 0 spiro atoms. The molecule has 1 aliphatic heterocycles. The number of nitrogens with zero attached hydrogens (tertiary/aromatic N) is 1. The zero-order chi connectivity index (χ0) is 19.5. The van der Waals surface area contributed by atoms with Gasteiger partial charge in [-0.2, -0.15) is 0 Å². The highest BCUT2D eigenvalue weighted by Crippen LogP contribution is 2.25. The quantitative estimate of drug-likeness (QED) is 0.842. The van der Waals surface area contributed by atoms with Gasteiger partial charge in [0.1, 0.15) is 5.75 Å². The van der Waals surface area contributed by atoms with Crippen molar-refractivity contribution in [1.82, 2.24) is 10.2 Å². The average molecular weight is 362 g/mol. The van der Waals surface area contributed by atoms with Gasteiger partial charge in [-0.15, -0.1) is 0 Å². The molecule has 144 valence electrons. The van der Waals surface area contributed by atoms with Crippen LogP contribution in [0.5, 0.6) is 5.75 Å². The fourth-order valence-electron chi connectivity index (χ4n) is 3.41. The van der Waals surface area contributed by atoms with Gasteiger partial charge in [-0.25, -0.2) is 4.79 Å². The van der Waals surface area contributed by atoms with Crippen LogP contribution in [0, 0.1) is 13.8 Å². The first-order chi connectivity index (χ1) is 12.1. The maximum atomic E-state index is 12.6. The molecule has 2 rings (SSSR count). The zero-order valence-corrected chi connectivity index (χ0v) is 16.4. The van der Waals surface area contributed by atoms with E-state index in [0.29, 0.717) is 11.3 Å². The third kappa shape index (κ3) is 5.21. The minimum absolute atomic E-state index is 0.0878. The van der Waals surface area contributed by atoms with Crippen molar-refractivity contribution in [3.8, 4) is 5.75 Å². The van der Waals surface area contributed by atoms with Crippen molar-refractivity contribution in [3.63, 3.8) is 0 Å². The second kappa shape index (κ2) is 8.08. The van der Waals surface area contributed by atoms with E-state index in [1.807, 2.05) is 13.8 Å². The molecular weight excluding hydrogens is 332 g/mol. The molecule has 0 saturated carbocycles. The van der Waals surface area contributed by atoms with Gasteiger partial charge < -0.3 is 15.2 Å². The van der Waals surface area contributed by atoms with Crippen LogP contribution in [0.3, 0.4) is 0 Å². The predicted molar refractivity (Wildman–Crippen MR) is 101 cm³/mol. The highest BCUT2D eigenvalue weighted by Gasteiger charge is 2.27. The summed E-state index contributed by atoms with van der Waals surface area (Å²) in [6.07, 6.45) is 1.89. The minimum atomic E-state index is -1.02. The van der Waals surface area contributed by atoms with Crippen molar-refractivity contribution in [2.45, 2.75) is 59.0 Å². The Hall–Kier alpha value is -2.08. The van der Waals surface area contributed by atoms with Crippen molar-refractivity contribution >= 4 is 11.9 Å². The Kier molecular flexibility index (Phi) is 6.29. The maximum absolute atomic E-state index is 12.6. The molecule has 1 amide bonds. The number of ether oxygens (including phenoxy) is 1. The molecule has 2 N–H and O–H groups in total. The third-order valence-corrected chi connectivity index (χ3v) is 4.84. The van der Waals surface area contributed by atoms with Gasteiger partial charge in [0, 0.05) is 30.2 Å². The van der Waals surface area contributed by atoms with Gasteiger partial charge in [0.25, 0.3) is 5.91 Å². The number of rotatable bonds is 5. The number of carboxylic acids is 1. The summed E-state index contributed by atoms with van der Waals surface area (Å²) < 4.78 is 5.32. The van der Waals surface area contributed by atoms with Crippen LogP contribution in [0.15, 0.2) is 12.1 Å². The predicted octanol–water partition coefficient (Wildman–Crippen LogP) is 2.76. The number of carboxylic acid groups (broad SMARTS) is 1. The van der Waals surface area contributed by atoms with Gasteiger partial charge in [0.2, 0.25) is 0 Å². The Labute approximate surface area is 155 Å². The SMILES string of the molecule is Cc1cc(C(=O)NC2CCN(C(C)(C)C)CC2)cc(C)c1OCC(=O)O. The molecule has 6 nitrogen and oxygen atoms in total. The van der Waals surface area contributed by atoms with E-state index in [-0.39, 0.29) is 24.1 Å². The minimum Gasteiger partial charge on any atom is -0.481 e. The molecule has 1 aliphatic rings. The molecule has 0 unspecified atom stereocenters. The fraction of sp³-hybridized carbons (Fsp3) is 0.600. The fourth-order valence-corrected chi connectivity index (χ4v) is 3.41. The van der Waals surface area contributed by atoms with E-state index in [4.69, 9.17) is 9.84 Å². The molecule has 1 heterocycles. The number of hydrogen-bond acceptors (Lipinski definition) is 4. The molecule has 0 radical (unpaired) electrons. The van der Waals surface area contributed by atoms with Gasteiger partial charge in [-0.05, 0) is 70.7 Å². The van der Waals surface area contributed by atoms with Gasteiger partial charge in [0.15, 0.2) is 6.61 Å². The number of aryl methyl sites for hydroxylation is 2. The number of likely N-dealkylation sites (tertiary alicyclic amines) is 1.